The summed E-state index contributed by atoms with van der Waals surface area (Å²) in [7, 11) is 0. The first-order chi connectivity index (χ1) is 14.3. The highest BCUT2D eigenvalue weighted by Gasteiger charge is 2.14. The van der Waals surface area contributed by atoms with Crippen molar-refractivity contribution < 1.29 is 14.3 Å². The zero-order chi connectivity index (χ0) is 19.9. The maximum Gasteiger partial charge on any atom is 0.231 e. The monoisotopic (exact) mass is 392 g/mol. The van der Waals surface area contributed by atoms with E-state index < -0.39 is 0 Å². The van der Waals surface area contributed by atoms with Crippen LogP contribution in [-0.4, -0.2) is 40.7 Å². The minimum atomic E-state index is -0.0640. The largest absolute Gasteiger partial charge is 0.454 e. The Hall–Kier alpha value is -3.88. The second kappa shape index (κ2) is 8.87. The number of aromatic nitrogens is 3. The molecule has 9 heteroatoms. The summed E-state index contributed by atoms with van der Waals surface area (Å²) in [6, 6.07) is 12.9. The van der Waals surface area contributed by atoms with E-state index in [4.69, 9.17) is 9.47 Å². The summed E-state index contributed by atoms with van der Waals surface area (Å²) in [4.78, 5) is 24.7. The number of amides is 1. The molecule has 0 saturated heterocycles. The quantitative estimate of drug-likeness (QED) is 0.500. The van der Waals surface area contributed by atoms with Crippen molar-refractivity contribution in [3.05, 3.63) is 60.6 Å². The number of pyridine rings is 1. The molecule has 148 valence electrons. The predicted molar refractivity (Wildman–Crippen MR) is 107 cm³/mol. The van der Waals surface area contributed by atoms with Gasteiger partial charge in [-0.15, -0.1) is 0 Å². The Balaban J connectivity index is 1.21. The minimum absolute atomic E-state index is 0.0640. The number of carbonyl (C=O) groups excluding carboxylic acids is 1. The molecule has 0 radical (unpaired) electrons. The van der Waals surface area contributed by atoms with Crippen LogP contribution in [-0.2, 0) is 11.2 Å². The Bertz CT molecular complexity index is 983. The third kappa shape index (κ3) is 5.10. The fourth-order valence-electron chi connectivity index (χ4n) is 2.78. The average molecular weight is 392 g/mol. The van der Waals surface area contributed by atoms with E-state index >= 15 is 0 Å². The Kier molecular flexibility index (Phi) is 5.65. The van der Waals surface area contributed by atoms with Crippen molar-refractivity contribution in [1.29, 1.82) is 0 Å². The van der Waals surface area contributed by atoms with Crippen LogP contribution in [0.4, 0.5) is 17.5 Å². The first-order valence-electron chi connectivity index (χ1n) is 9.15. The van der Waals surface area contributed by atoms with Crippen LogP contribution in [0.15, 0.2) is 55.0 Å². The van der Waals surface area contributed by atoms with E-state index in [-0.39, 0.29) is 19.1 Å². The Morgan fingerprint density at radius 1 is 0.931 bits per heavy atom. The smallest absolute Gasteiger partial charge is 0.231 e. The zero-order valence-electron chi connectivity index (χ0n) is 15.6. The SMILES string of the molecule is O=C(Cc1ccc2c(c1)OCO2)NCCNc1cc(Nc2ccccn2)ncn1. The fraction of sp³-hybridized carbons (Fsp3) is 0.200. The van der Waals surface area contributed by atoms with Crippen molar-refractivity contribution in [1.82, 2.24) is 20.3 Å². The maximum absolute atomic E-state index is 12.1. The summed E-state index contributed by atoms with van der Waals surface area (Å²) >= 11 is 0. The van der Waals surface area contributed by atoms with E-state index in [1.54, 1.807) is 12.3 Å². The molecule has 3 heterocycles. The molecule has 0 bridgehead atoms. The van der Waals surface area contributed by atoms with Gasteiger partial charge in [-0.1, -0.05) is 12.1 Å². The standard InChI is InChI=1S/C20H20N6O3/c27-20(10-14-4-5-15-16(9-14)29-13-28-15)23-8-7-22-18-11-19(25-12-24-18)26-17-3-1-2-6-21-17/h1-6,9,11-12H,7-8,10,13H2,(H,23,27)(H2,21,22,24,25,26). The molecule has 1 aliphatic rings. The molecule has 3 aromatic rings. The van der Waals surface area contributed by atoms with Crippen LogP contribution in [0, 0.1) is 0 Å². The summed E-state index contributed by atoms with van der Waals surface area (Å²) in [5.41, 5.74) is 0.876. The second-order valence-electron chi connectivity index (χ2n) is 6.27. The van der Waals surface area contributed by atoms with Gasteiger partial charge in [0.1, 0.15) is 23.8 Å². The molecular weight excluding hydrogens is 372 g/mol. The summed E-state index contributed by atoms with van der Waals surface area (Å²) < 4.78 is 10.6. The molecule has 0 saturated carbocycles. The van der Waals surface area contributed by atoms with Crippen LogP contribution in [0.5, 0.6) is 11.5 Å². The van der Waals surface area contributed by atoms with Gasteiger partial charge in [0.05, 0.1) is 6.42 Å². The number of hydrogen-bond donors (Lipinski definition) is 3. The van der Waals surface area contributed by atoms with Gasteiger partial charge in [-0.05, 0) is 29.8 Å². The number of rotatable bonds is 8. The lowest BCUT2D eigenvalue weighted by atomic mass is 10.1. The first kappa shape index (κ1) is 18.5. The number of carbonyl (C=O) groups is 1. The molecule has 4 rings (SSSR count). The van der Waals surface area contributed by atoms with E-state index in [1.807, 2.05) is 36.4 Å². The highest BCUT2D eigenvalue weighted by Crippen LogP contribution is 2.32. The molecule has 2 aromatic heterocycles. The van der Waals surface area contributed by atoms with Gasteiger partial charge in [0, 0.05) is 25.4 Å². The second-order valence-corrected chi connectivity index (χ2v) is 6.27. The molecule has 1 amide bonds. The molecule has 0 spiro atoms. The van der Waals surface area contributed by atoms with E-state index in [0.29, 0.717) is 42.0 Å². The topological polar surface area (TPSA) is 110 Å². The Morgan fingerprint density at radius 2 is 1.83 bits per heavy atom. The number of hydrogen-bond acceptors (Lipinski definition) is 8. The lowest BCUT2D eigenvalue weighted by Gasteiger charge is -2.09. The van der Waals surface area contributed by atoms with Crippen LogP contribution in [0.1, 0.15) is 5.56 Å². The van der Waals surface area contributed by atoms with E-state index in [1.165, 1.54) is 6.33 Å². The highest BCUT2D eigenvalue weighted by molar-refractivity contribution is 5.78. The minimum Gasteiger partial charge on any atom is -0.454 e. The summed E-state index contributed by atoms with van der Waals surface area (Å²) in [6.45, 7) is 1.22. The average Bonchev–Trinajstić information content (AvgIpc) is 3.20. The van der Waals surface area contributed by atoms with Gasteiger partial charge in [0.2, 0.25) is 12.7 Å². The molecule has 0 unspecified atom stereocenters. The van der Waals surface area contributed by atoms with Crippen molar-refractivity contribution in [3.8, 4) is 11.5 Å². The van der Waals surface area contributed by atoms with Gasteiger partial charge in [-0.2, -0.15) is 0 Å². The van der Waals surface area contributed by atoms with Crippen LogP contribution >= 0.6 is 0 Å². The maximum atomic E-state index is 12.1. The molecule has 1 aromatic carbocycles. The van der Waals surface area contributed by atoms with Crippen LogP contribution < -0.4 is 25.4 Å². The summed E-state index contributed by atoms with van der Waals surface area (Å²) in [5, 5.41) is 9.15. The number of fused-ring (bicyclic) bond motifs is 1. The van der Waals surface area contributed by atoms with Gasteiger partial charge < -0.3 is 25.4 Å². The summed E-state index contributed by atoms with van der Waals surface area (Å²) in [5.74, 6) is 3.31. The Labute approximate surface area is 167 Å². The molecule has 0 fully saturated rings. The lowest BCUT2D eigenvalue weighted by Crippen LogP contribution is -2.30. The molecule has 1 aliphatic heterocycles. The Morgan fingerprint density at radius 3 is 2.72 bits per heavy atom. The number of nitrogens with zero attached hydrogens (tertiary/aromatic N) is 3. The van der Waals surface area contributed by atoms with E-state index in [2.05, 4.69) is 30.9 Å². The molecule has 3 N–H and O–H groups in total. The predicted octanol–water partition coefficient (Wildman–Crippen LogP) is 2.11. The summed E-state index contributed by atoms with van der Waals surface area (Å²) in [6.07, 6.45) is 3.45. The molecule has 0 atom stereocenters. The number of anilines is 3. The van der Waals surface area contributed by atoms with Gasteiger partial charge in [0.25, 0.3) is 0 Å². The number of nitrogens with one attached hydrogen (secondary N) is 3. The van der Waals surface area contributed by atoms with E-state index in [9.17, 15) is 4.79 Å². The molecular formula is C20H20N6O3. The zero-order valence-corrected chi connectivity index (χ0v) is 15.6. The van der Waals surface area contributed by atoms with Crippen molar-refractivity contribution in [2.75, 3.05) is 30.5 Å². The molecule has 0 aliphatic carbocycles. The number of benzene rings is 1. The van der Waals surface area contributed by atoms with Gasteiger partial charge in [-0.3, -0.25) is 4.79 Å². The van der Waals surface area contributed by atoms with Gasteiger partial charge in [0.15, 0.2) is 11.5 Å². The molecule has 9 nitrogen and oxygen atoms in total. The lowest BCUT2D eigenvalue weighted by molar-refractivity contribution is -0.120. The first-order valence-corrected chi connectivity index (χ1v) is 9.15. The van der Waals surface area contributed by atoms with Crippen LogP contribution in [0.25, 0.3) is 0 Å². The third-order valence-electron chi connectivity index (χ3n) is 4.14. The normalized spacial score (nSPS) is 11.7. The van der Waals surface area contributed by atoms with Crippen molar-refractivity contribution in [2.45, 2.75) is 6.42 Å². The van der Waals surface area contributed by atoms with Crippen LogP contribution in [0.3, 0.4) is 0 Å². The van der Waals surface area contributed by atoms with Gasteiger partial charge >= 0.3 is 0 Å². The molecule has 29 heavy (non-hydrogen) atoms. The third-order valence-corrected chi connectivity index (χ3v) is 4.14. The van der Waals surface area contributed by atoms with Crippen LogP contribution in [0.2, 0.25) is 0 Å². The highest BCUT2D eigenvalue weighted by atomic mass is 16.7. The van der Waals surface area contributed by atoms with Crippen molar-refractivity contribution >= 4 is 23.4 Å². The van der Waals surface area contributed by atoms with E-state index in [0.717, 1.165) is 5.56 Å². The van der Waals surface area contributed by atoms with Crippen molar-refractivity contribution in [2.24, 2.45) is 0 Å². The number of ether oxygens (including phenoxy) is 2. The van der Waals surface area contributed by atoms with Gasteiger partial charge in [-0.25, -0.2) is 15.0 Å². The fourth-order valence-corrected chi connectivity index (χ4v) is 2.78. The van der Waals surface area contributed by atoms with Crippen molar-refractivity contribution in [3.63, 3.8) is 0 Å².